The van der Waals surface area contributed by atoms with Gasteiger partial charge in [-0.2, -0.15) is 5.10 Å². The molecule has 2 heterocycles. The molecule has 0 saturated heterocycles. The van der Waals surface area contributed by atoms with Crippen molar-refractivity contribution >= 4 is 27.5 Å². The van der Waals surface area contributed by atoms with E-state index in [0.717, 1.165) is 33.0 Å². The summed E-state index contributed by atoms with van der Waals surface area (Å²) < 4.78 is 7.60. The van der Waals surface area contributed by atoms with Crippen LogP contribution in [0.4, 0.5) is 0 Å². The molecule has 0 aliphatic rings. The average Bonchev–Trinajstić information content (AvgIpc) is 3.23. The fourth-order valence-electron chi connectivity index (χ4n) is 2.89. The Morgan fingerprint density at radius 1 is 1.11 bits per heavy atom. The number of hydrogen-bond acceptors (Lipinski definition) is 4. The van der Waals surface area contributed by atoms with Crippen molar-refractivity contribution in [3.8, 4) is 11.5 Å². The molecule has 1 amide bonds. The molecule has 5 nitrogen and oxygen atoms in total. The number of nitrogens with zero attached hydrogens (tertiary/aromatic N) is 2. The minimum atomic E-state index is -0.0692. The fourth-order valence-corrected chi connectivity index (χ4v) is 3.93. The summed E-state index contributed by atoms with van der Waals surface area (Å²) >= 11 is 1.46. The lowest BCUT2D eigenvalue weighted by molar-refractivity contribution is 0.0955. The number of ether oxygens (including phenoxy) is 1. The average molecular weight is 377 g/mol. The van der Waals surface area contributed by atoms with Gasteiger partial charge in [0.2, 0.25) is 0 Å². The van der Waals surface area contributed by atoms with Gasteiger partial charge in [-0.05, 0) is 42.8 Å². The second kappa shape index (κ2) is 7.25. The van der Waals surface area contributed by atoms with E-state index in [1.165, 1.54) is 11.3 Å². The molecule has 0 aliphatic heterocycles. The zero-order valence-electron chi connectivity index (χ0n) is 15.1. The van der Waals surface area contributed by atoms with E-state index in [4.69, 9.17) is 4.74 Å². The van der Waals surface area contributed by atoms with E-state index in [9.17, 15) is 4.79 Å². The summed E-state index contributed by atoms with van der Waals surface area (Å²) in [4.78, 5) is 14.2. The molecule has 0 fully saturated rings. The van der Waals surface area contributed by atoms with Gasteiger partial charge in [0, 0.05) is 19.0 Å². The predicted octanol–water partition coefficient (Wildman–Crippen LogP) is 4.67. The Hall–Kier alpha value is -3.12. The van der Waals surface area contributed by atoms with Crippen LogP contribution >= 0.6 is 11.3 Å². The van der Waals surface area contributed by atoms with Crippen LogP contribution in [-0.4, -0.2) is 15.7 Å². The van der Waals surface area contributed by atoms with Crippen LogP contribution < -0.4 is 10.1 Å². The van der Waals surface area contributed by atoms with Crippen molar-refractivity contribution in [1.82, 2.24) is 15.1 Å². The third-order valence-electron chi connectivity index (χ3n) is 4.28. The Balaban J connectivity index is 1.39. The molecule has 0 aliphatic carbocycles. The number of amides is 1. The number of aromatic nitrogens is 2. The number of thiophene rings is 1. The Bertz CT molecular complexity index is 1050. The maximum absolute atomic E-state index is 12.5. The van der Waals surface area contributed by atoms with Crippen molar-refractivity contribution < 1.29 is 9.53 Å². The smallest absolute Gasteiger partial charge is 0.261 e. The van der Waals surface area contributed by atoms with Crippen molar-refractivity contribution in [2.75, 3.05) is 0 Å². The number of aryl methyl sites for hydroxylation is 2. The third-order valence-corrected chi connectivity index (χ3v) is 5.48. The van der Waals surface area contributed by atoms with Gasteiger partial charge in [0.1, 0.15) is 16.3 Å². The number of hydrogen-bond donors (Lipinski definition) is 1. The topological polar surface area (TPSA) is 56.2 Å². The van der Waals surface area contributed by atoms with Crippen molar-refractivity contribution in [2.45, 2.75) is 13.5 Å². The first-order chi connectivity index (χ1) is 13.1. The highest BCUT2D eigenvalue weighted by Crippen LogP contribution is 2.27. The molecular formula is C21H19N3O2S. The van der Waals surface area contributed by atoms with Gasteiger partial charge in [-0.15, -0.1) is 11.3 Å². The van der Waals surface area contributed by atoms with Crippen LogP contribution in [0.2, 0.25) is 0 Å². The highest BCUT2D eigenvalue weighted by molar-refractivity contribution is 7.20. The predicted molar refractivity (Wildman–Crippen MR) is 107 cm³/mol. The van der Waals surface area contributed by atoms with Gasteiger partial charge >= 0.3 is 0 Å². The first-order valence-electron chi connectivity index (χ1n) is 8.63. The first kappa shape index (κ1) is 17.3. The summed E-state index contributed by atoms with van der Waals surface area (Å²) in [5, 5.41) is 8.38. The molecule has 0 bridgehead atoms. The van der Waals surface area contributed by atoms with Crippen LogP contribution in [0.25, 0.3) is 10.2 Å². The summed E-state index contributed by atoms with van der Waals surface area (Å²) in [5.41, 5.74) is 1.96. The Morgan fingerprint density at radius 3 is 2.52 bits per heavy atom. The maximum Gasteiger partial charge on any atom is 0.261 e. The molecule has 0 spiro atoms. The number of rotatable bonds is 5. The molecule has 2 aromatic carbocycles. The molecule has 4 aromatic rings. The zero-order valence-corrected chi connectivity index (χ0v) is 15.9. The molecule has 4 rings (SSSR count). The van der Waals surface area contributed by atoms with Crippen molar-refractivity contribution in [2.24, 2.45) is 7.05 Å². The van der Waals surface area contributed by atoms with E-state index < -0.39 is 0 Å². The van der Waals surface area contributed by atoms with E-state index >= 15 is 0 Å². The molecule has 0 atom stereocenters. The highest BCUT2D eigenvalue weighted by Gasteiger charge is 2.14. The number of benzene rings is 2. The second-order valence-electron chi connectivity index (χ2n) is 6.28. The van der Waals surface area contributed by atoms with Gasteiger partial charge in [-0.3, -0.25) is 9.48 Å². The minimum absolute atomic E-state index is 0.0692. The van der Waals surface area contributed by atoms with Crippen LogP contribution in [0.3, 0.4) is 0 Å². The van der Waals surface area contributed by atoms with E-state index in [-0.39, 0.29) is 5.91 Å². The number of fused-ring (bicyclic) bond motifs is 1. The van der Waals surface area contributed by atoms with Crippen LogP contribution in [0.1, 0.15) is 20.9 Å². The monoisotopic (exact) mass is 377 g/mol. The molecule has 2 aromatic heterocycles. The summed E-state index contributed by atoms with van der Waals surface area (Å²) in [5.74, 6) is 1.50. The first-order valence-corrected chi connectivity index (χ1v) is 9.45. The summed E-state index contributed by atoms with van der Waals surface area (Å²) in [7, 11) is 1.90. The van der Waals surface area contributed by atoms with Gasteiger partial charge in [-0.25, -0.2) is 0 Å². The summed E-state index contributed by atoms with van der Waals surface area (Å²) in [6.45, 7) is 2.42. The largest absolute Gasteiger partial charge is 0.457 e. The van der Waals surface area contributed by atoms with E-state index in [1.807, 2.05) is 79.3 Å². The third kappa shape index (κ3) is 3.71. The highest BCUT2D eigenvalue weighted by atomic mass is 32.1. The normalized spacial score (nSPS) is 10.9. The van der Waals surface area contributed by atoms with Crippen LogP contribution in [0.5, 0.6) is 11.5 Å². The molecule has 0 radical (unpaired) electrons. The van der Waals surface area contributed by atoms with Gasteiger partial charge in [-0.1, -0.05) is 30.3 Å². The molecule has 0 unspecified atom stereocenters. The zero-order chi connectivity index (χ0) is 18.8. The van der Waals surface area contributed by atoms with Crippen molar-refractivity contribution in [1.29, 1.82) is 0 Å². The molecule has 136 valence electrons. The lowest BCUT2D eigenvalue weighted by Crippen LogP contribution is -2.21. The summed E-state index contributed by atoms with van der Waals surface area (Å²) in [6.07, 6.45) is 0. The Labute approximate surface area is 161 Å². The molecule has 27 heavy (non-hydrogen) atoms. The quantitative estimate of drug-likeness (QED) is 0.550. The Kier molecular flexibility index (Phi) is 4.64. The van der Waals surface area contributed by atoms with Crippen LogP contribution in [-0.2, 0) is 13.6 Å². The number of carbonyl (C=O) groups is 1. The maximum atomic E-state index is 12.5. The lowest BCUT2D eigenvalue weighted by atomic mass is 10.2. The van der Waals surface area contributed by atoms with Gasteiger partial charge in [0.25, 0.3) is 5.91 Å². The number of para-hydroxylation sites is 1. The van der Waals surface area contributed by atoms with Crippen molar-refractivity contribution in [3.63, 3.8) is 0 Å². The van der Waals surface area contributed by atoms with Gasteiger partial charge < -0.3 is 10.1 Å². The van der Waals surface area contributed by atoms with Gasteiger partial charge in [0.05, 0.1) is 10.6 Å². The number of nitrogens with one attached hydrogen (secondary N) is 1. The summed E-state index contributed by atoms with van der Waals surface area (Å²) in [6, 6.07) is 19.3. The van der Waals surface area contributed by atoms with Gasteiger partial charge in [0.15, 0.2) is 0 Å². The number of carbonyl (C=O) groups excluding carboxylic acids is 1. The minimum Gasteiger partial charge on any atom is -0.457 e. The van der Waals surface area contributed by atoms with Crippen LogP contribution in [0, 0.1) is 6.92 Å². The van der Waals surface area contributed by atoms with E-state index in [1.54, 1.807) is 0 Å². The fraction of sp³-hybridized carbons (Fsp3) is 0.143. The Morgan fingerprint density at radius 2 is 1.81 bits per heavy atom. The van der Waals surface area contributed by atoms with Crippen LogP contribution in [0.15, 0.2) is 60.7 Å². The molecular weight excluding hydrogens is 358 g/mol. The molecule has 1 N–H and O–H groups in total. The standard InChI is InChI=1S/C21H19N3O2S/c1-14-18-12-19(27-21(18)24(2)23-14)20(25)22-13-15-8-10-17(11-9-15)26-16-6-4-3-5-7-16/h3-12H,13H2,1-2H3,(H,22,25). The van der Waals surface area contributed by atoms with Crippen molar-refractivity contribution in [3.05, 3.63) is 76.8 Å². The molecule has 6 heteroatoms. The second-order valence-corrected chi connectivity index (χ2v) is 7.31. The van der Waals surface area contributed by atoms with E-state index in [0.29, 0.717) is 11.4 Å². The molecule has 0 saturated carbocycles. The lowest BCUT2D eigenvalue weighted by Gasteiger charge is -2.07. The van der Waals surface area contributed by atoms with E-state index in [2.05, 4.69) is 10.4 Å². The SMILES string of the molecule is Cc1nn(C)c2sc(C(=O)NCc3ccc(Oc4ccccc4)cc3)cc12.